The first-order chi connectivity index (χ1) is 9.49. The maximum absolute atomic E-state index is 13.0. The highest BCUT2D eigenvalue weighted by molar-refractivity contribution is 7.09. The highest BCUT2D eigenvalue weighted by Crippen LogP contribution is 2.23. The van der Waals surface area contributed by atoms with E-state index in [0.29, 0.717) is 6.54 Å². The van der Waals surface area contributed by atoms with E-state index < -0.39 is 5.82 Å². The lowest BCUT2D eigenvalue weighted by Crippen LogP contribution is -2.36. The predicted octanol–water partition coefficient (Wildman–Crippen LogP) is 3.64. The van der Waals surface area contributed by atoms with Gasteiger partial charge in [-0.2, -0.15) is 0 Å². The van der Waals surface area contributed by atoms with Gasteiger partial charge in [0.25, 0.3) is 5.91 Å². The number of nitrogens with zero attached hydrogens (tertiary/aromatic N) is 1. The molecule has 1 aromatic carbocycles. The van der Waals surface area contributed by atoms with E-state index in [2.05, 4.69) is 0 Å². The third-order valence-corrected chi connectivity index (χ3v) is 3.84. The number of halogens is 1. The van der Waals surface area contributed by atoms with E-state index in [4.69, 9.17) is 0 Å². The van der Waals surface area contributed by atoms with Gasteiger partial charge in [-0.05, 0) is 37.4 Å². The van der Waals surface area contributed by atoms with Gasteiger partial charge in [0.15, 0.2) is 0 Å². The van der Waals surface area contributed by atoms with E-state index in [1.165, 1.54) is 12.1 Å². The van der Waals surface area contributed by atoms with Gasteiger partial charge < -0.3 is 10.0 Å². The summed E-state index contributed by atoms with van der Waals surface area (Å²) in [5, 5.41) is 11.7. The molecule has 0 bridgehead atoms. The molecule has 0 spiro atoms. The molecule has 0 aliphatic heterocycles. The number of benzene rings is 1. The van der Waals surface area contributed by atoms with Crippen LogP contribution in [0.25, 0.3) is 0 Å². The molecule has 0 fully saturated rings. The van der Waals surface area contributed by atoms with Crippen LogP contribution in [-0.4, -0.2) is 22.0 Å². The van der Waals surface area contributed by atoms with Crippen molar-refractivity contribution in [1.82, 2.24) is 4.90 Å². The molecule has 5 heteroatoms. The van der Waals surface area contributed by atoms with E-state index in [9.17, 15) is 14.3 Å². The van der Waals surface area contributed by atoms with Gasteiger partial charge in [-0.15, -0.1) is 11.3 Å². The van der Waals surface area contributed by atoms with Gasteiger partial charge in [-0.1, -0.05) is 6.07 Å². The van der Waals surface area contributed by atoms with Crippen molar-refractivity contribution in [2.24, 2.45) is 0 Å². The number of phenolic OH excluding ortho intramolecular Hbond substituents is 1. The van der Waals surface area contributed by atoms with Gasteiger partial charge in [0.05, 0.1) is 12.1 Å². The summed E-state index contributed by atoms with van der Waals surface area (Å²) in [6.45, 7) is 4.29. The Morgan fingerprint density at radius 1 is 1.40 bits per heavy atom. The van der Waals surface area contributed by atoms with E-state index in [-0.39, 0.29) is 23.3 Å². The molecule has 0 aliphatic rings. The number of thiophene rings is 1. The predicted molar refractivity (Wildman–Crippen MR) is 77.4 cm³/mol. The molecule has 3 nitrogen and oxygen atoms in total. The summed E-state index contributed by atoms with van der Waals surface area (Å²) >= 11 is 1.57. The number of aromatic hydroxyl groups is 1. The van der Waals surface area contributed by atoms with Crippen LogP contribution in [0.5, 0.6) is 5.75 Å². The van der Waals surface area contributed by atoms with Crippen molar-refractivity contribution >= 4 is 17.2 Å². The maximum Gasteiger partial charge on any atom is 0.258 e. The Kier molecular flexibility index (Phi) is 4.39. The molecule has 0 atom stereocenters. The summed E-state index contributed by atoms with van der Waals surface area (Å²) in [6.07, 6.45) is 0. The summed E-state index contributed by atoms with van der Waals surface area (Å²) in [6, 6.07) is 7.31. The number of carbonyl (C=O) groups is 1. The maximum atomic E-state index is 13.0. The van der Waals surface area contributed by atoms with Crippen LogP contribution >= 0.6 is 11.3 Å². The number of amides is 1. The molecule has 106 valence electrons. The van der Waals surface area contributed by atoms with Crippen LogP contribution < -0.4 is 0 Å². The number of hydrogen-bond acceptors (Lipinski definition) is 3. The lowest BCUT2D eigenvalue weighted by molar-refractivity contribution is 0.0689. The van der Waals surface area contributed by atoms with Crippen molar-refractivity contribution < 1.29 is 14.3 Å². The van der Waals surface area contributed by atoms with Crippen LogP contribution in [0.2, 0.25) is 0 Å². The van der Waals surface area contributed by atoms with Crippen LogP contribution in [0, 0.1) is 5.82 Å². The highest BCUT2D eigenvalue weighted by Gasteiger charge is 2.22. The highest BCUT2D eigenvalue weighted by atomic mass is 32.1. The fraction of sp³-hybridized carbons (Fsp3) is 0.267. The Hall–Kier alpha value is -1.88. The van der Waals surface area contributed by atoms with Crippen molar-refractivity contribution in [2.75, 3.05) is 0 Å². The molecular formula is C15H16FNO2S. The Balaban J connectivity index is 2.27. The number of phenols is 1. The monoisotopic (exact) mass is 293 g/mol. The summed E-state index contributed by atoms with van der Waals surface area (Å²) in [5.74, 6) is -1.19. The average Bonchev–Trinajstić information content (AvgIpc) is 2.87. The largest absolute Gasteiger partial charge is 0.507 e. The van der Waals surface area contributed by atoms with E-state index in [1.807, 2.05) is 31.4 Å². The van der Waals surface area contributed by atoms with Crippen LogP contribution in [0.3, 0.4) is 0 Å². The SMILES string of the molecule is CC(C)N(Cc1cccs1)C(=O)c1ccc(F)cc1O. The smallest absolute Gasteiger partial charge is 0.258 e. The molecule has 1 aromatic heterocycles. The third-order valence-electron chi connectivity index (χ3n) is 2.98. The number of hydrogen-bond donors (Lipinski definition) is 1. The number of rotatable bonds is 4. The Morgan fingerprint density at radius 3 is 2.70 bits per heavy atom. The Labute approximate surface area is 121 Å². The van der Waals surface area contributed by atoms with Gasteiger partial charge >= 0.3 is 0 Å². The van der Waals surface area contributed by atoms with Crippen LogP contribution in [0.1, 0.15) is 29.1 Å². The molecule has 0 unspecified atom stereocenters. The summed E-state index contributed by atoms with van der Waals surface area (Å²) in [5.41, 5.74) is 0.122. The zero-order valence-corrected chi connectivity index (χ0v) is 12.2. The second-order valence-corrected chi connectivity index (χ2v) is 5.80. The number of carbonyl (C=O) groups excluding carboxylic acids is 1. The molecule has 2 rings (SSSR count). The van der Waals surface area contributed by atoms with Crippen LogP contribution in [0.4, 0.5) is 4.39 Å². The summed E-state index contributed by atoms with van der Waals surface area (Å²) in [4.78, 5) is 15.2. The quantitative estimate of drug-likeness (QED) is 0.935. The van der Waals surface area contributed by atoms with Crippen LogP contribution in [-0.2, 0) is 6.54 Å². The van der Waals surface area contributed by atoms with Crippen molar-refractivity contribution in [3.63, 3.8) is 0 Å². The summed E-state index contributed by atoms with van der Waals surface area (Å²) < 4.78 is 13.0. The zero-order valence-electron chi connectivity index (χ0n) is 11.3. The van der Waals surface area contributed by atoms with Crippen molar-refractivity contribution in [2.45, 2.75) is 26.4 Å². The van der Waals surface area contributed by atoms with E-state index >= 15 is 0 Å². The topological polar surface area (TPSA) is 40.5 Å². The Bertz CT molecular complexity index is 596. The molecule has 0 saturated heterocycles. The molecular weight excluding hydrogens is 277 g/mol. The van der Waals surface area contributed by atoms with Crippen molar-refractivity contribution in [1.29, 1.82) is 0 Å². The fourth-order valence-electron chi connectivity index (χ4n) is 1.90. The zero-order chi connectivity index (χ0) is 14.7. The van der Waals surface area contributed by atoms with E-state index in [0.717, 1.165) is 10.9 Å². The first-order valence-corrected chi connectivity index (χ1v) is 7.19. The first kappa shape index (κ1) is 14.5. The first-order valence-electron chi connectivity index (χ1n) is 6.31. The molecule has 0 saturated carbocycles. The molecule has 1 heterocycles. The van der Waals surface area contributed by atoms with Crippen molar-refractivity contribution in [3.05, 3.63) is 52.0 Å². The average molecular weight is 293 g/mol. The second kappa shape index (κ2) is 6.05. The van der Waals surface area contributed by atoms with Crippen molar-refractivity contribution in [3.8, 4) is 5.75 Å². The molecule has 0 aliphatic carbocycles. The van der Waals surface area contributed by atoms with Gasteiger partial charge in [0.2, 0.25) is 0 Å². The lowest BCUT2D eigenvalue weighted by Gasteiger charge is -2.26. The van der Waals surface area contributed by atoms with Gasteiger partial charge in [0.1, 0.15) is 11.6 Å². The van der Waals surface area contributed by atoms with Gasteiger partial charge in [-0.25, -0.2) is 4.39 Å². The van der Waals surface area contributed by atoms with Gasteiger partial charge in [0, 0.05) is 17.0 Å². The minimum Gasteiger partial charge on any atom is -0.507 e. The normalized spacial score (nSPS) is 10.8. The minimum atomic E-state index is -0.562. The Morgan fingerprint density at radius 2 is 2.15 bits per heavy atom. The lowest BCUT2D eigenvalue weighted by atomic mass is 10.1. The molecule has 1 amide bonds. The fourth-order valence-corrected chi connectivity index (χ4v) is 2.60. The molecule has 2 aromatic rings. The van der Waals surface area contributed by atoms with E-state index in [1.54, 1.807) is 16.2 Å². The molecule has 20 heavy (non-hydrogen) atoms. The molecule has 1 N–H and O–H groups in total. The minimum absolute atomic E-state index is 0.0194. The molecule has 0 radical (unpaired) electrons. The van der Waals surface area contributed by atoms with Crippen LogP contribution in [0.15, 0.2) is 35.7 Å². The van der Waals surface area contributed by atoms with Gasteiger partial charge in [-0.3, -0.25) is 4.79 Å². The third kappa shape index (κ3) is 3.17. The standard InChI is InChI=1S/C15H16FNO2S/c1-10(2)17(9-12-4-3-7-20-12)15(19)13-6-5-11(16)8-14(13)18/h3-8,10,18H,9H2,1-2H3. The second-order valence-electron chi connectivity index (χ2n) is 4.77. The summed E-state index contributed by atoms with van der Waals surface area (Å²) in [7, 11) is 0.